The van der Waals surface area contributed by atoms with Gasteiger partial charge >= 0.3 is 0 Å². The fourth-order valence-corrected chi connectivity index (χ4v) is 2.64. The van der Waals surface area contributed by atoms with Crippen LogP contribution in [-0.4, -0.2) is 6.54 Å². The fraction of sp³-hybridized carbons (Fsp3) is 0.600. The molecule has 3 heteroatoms. The summed E-state index contributed by atoms with van der Waals surface area (Å²) < 4.78 is 14.0. The molecule has 1 aromatic carbocycles. The van der Waals surface area contributed by atoms with E-state index in [0.29, 0.717) is 16.5 Å². The molecule has 0 radical (unpaired) electrons. The summed E-state index contributed by atoms with van der Waals surface area (Å²) >= 11 is 6.15. The Labute approximate surface area is 115 Å². The van der Waals surface area contributed by atoms with Gasteiger partial charge in [0, 0.05) is 16.6 Å². The second kappa shape index (κ2) is 7.75. The molecule has 1 atom stereocenters. The molecule has 0 aliphatic heterocycles. The number of rotatable bonds is 7. The number of nitrogens with one attached hydrogen (secondary N) is 1. The zero-order chi connectivity index (χ0) is 13.5. The van der Waals surface area contributed by atoms with Crippen molar-refractivity contribution in [3.05, 3.63) is 34.6 Å². The van der Waals surface area contributed by atoms with Crippen LogP contribution in [0.25, 0.3) is 0 Å². The van der Waals surface area contributed by atoms with Crippen LogP contribution in [0, 0.1) is 11.7 Å². The molecule has 1 nitrogen and oxygen atoms in total. The molecule has 0 bridgehead atoms. The normalized spacial score (nSPS) is 13.0. The van der Waals surface area contributed by atoms with Gasteiger partial charge in [0.25, 0.3) is 0 Å². The molecular formula is C15H23ClFN. The van der Waals surface area contributed by atoms with E-state index in [2.05, 4.69) is 19.2 Å². The Hall–Kier alpha value is -0.600. The van der Waals surface area contributed by atoms with Crippen molar-refractivity contribution in [3.63, 3.8) is 0 Å². The minimum absolute atomic E-state index is 0.00796. The van der Waals surface area contributed by atoms with Gasteiger partial charge in [0.15, 0.2) is 0 Å². The van der Waals surface area contributed by atoms with Crippen molar-refractivity contribution >= 4 is 11.6 Å². The van der Waals surface area contributed by atoms with Crippen molar-refractivity contribution in [2.24, 2.45) is 5.92 Å². The van der Waals surface area contributed by atoms with Gasteiger partial charge in [-0.25, -0.2) is 4.39 Å². The van der Waals surface area contributed by atoms with Gasteiger partial charge in [0.2, 0.25) is 0 Å². The Kier molecular flexibility index (Phi) is 6.66. The summed E-state index contributed by atoms with van der Waals surface area (Å²) in [5.41, 5.74) is 0.618. The maximum atomic E-state index is 14.0. The largest absolute Gasteiger partial charge is 0.310 e. The van der Waals surface area contributed by atoms with E-state index in [0.717, 1.165) is 25.8 Å². The molecule has 1 unspecified atom stereocenters. The van der Waals surface area contributed by atoms with Gasteiger partial charge in [0.05, 0.1) is 0 Å². The summed E-state index contributed by atoms with van der Waals surface area (Å²) in [5.74, 6) is 0.393. The summed E-state index contributed by atoms with van der Waals surface area (Å²) in [6.07, 6.45) is 3.16. The zero-order valence-electron chi connectivity index (χ0n) is 11.5. The van der Waals surface area contributed by atoms with Crippen LogP contribution in [0.1, 0.15) is 51.6 Å². The summed E-state index contributed by atoms with van der Waals surface area (Å²) in [4.78, 5) is 0. The van der Waals surface area contributed by atoms with Crippen LogP contribution in [0.3, 0.4) is 0 Å². The minimum atomic E-state index is -0.209. The Morgan fingerprint density at radius 3 is 2.39 bits per heavy atom. The first-order chi connectivity index (χ1) is 8.63. The van der Waals surface area contributed by atoms with Crippen LogP contribution >= 0.6 is 11.6 Å². The first-order valence-electron chi connectivity index (χ1n) is 6.81. The topological polar surface area (TPSA) is 12.0 Å². The quantitative estimate of drug-likeness (QED) is 0.739. The lowest BCUT2D eigenvalue weighted by atomic mass is 9.91. The van der Waals surface area contributed by atoms with Gasteiger partial charge in [-0.3, -0.25) is 0 Å². The van der Waals surface area contributed by atoms with Crippen molar-refractivity contribution in [1.82, 2.24) is 5.32 Å². The molecule has 1 rings (SSSR count). The van der Waals surface area contributed by atoms with Gasteiger partial charge < -0.3 is 5.32 Å². The van der Waals surface area contributed by atoms with Crippen LogP contribution < -0.4 is 5.32 Å². The third-order valence-corrected chi connectivity index (χ3v) is 3.85. The summed E-state index contributed by atoms with van der Waals surface area (Å²) in [6, 6.07) is 4.91. The molecule has 1 aromatic rings. The van der Waals surface area contributed by atoms with E-state index in [1.165, 1.54) is 6.07 Å². The Balaban J connectivity index is 2.96. The smallest absolute Gasteiger partial charge is 0.129 e. The predicted molar refractivity (Wildman–Crippen MR) is 76.5 cm³/mol. The molecule has 0 aromatic heterocycles. The molecule has 0 aliphatic rings. The fourth-order valence-electron chi connectivity index (χ4n) is 2.35. The average molecular weight is 272 g/mol. The molecule has 102 valence electrons. The van der Waals surface area contributed by atoms with Gasteiger partial charge in [-0.1, -0.05) is 51.3 Å². The van der Waals surface area contributed by atoms with Crippen LogP contribution in [0.4, 0.5) is 4.39 Å². The summed E-state index contributed by atoms with van der Waals surface area (Å²) in [6.45, 7) is 7.21. The third kappa shape index (κ3) is 3.96. The molecule has 18 heavy (non-hydrogen) atoms. The molecule has 0 saturated carbocycles. The molecule has 1 N–H and O–H groups in total. The highest BCUT2D eigenvalue weighted by atomic mass is 35.5. The van der Waals surface area contributed by atoms with E-state index in [-0.39, 0.29) is 11.9 Å². The minimum Gasteiger partial charge on any atom is -0.310 e. The zero-order valence-corrected chi connectivity index (χ0v) is 12.2. The van der Waals surface area contributed by atoms with E-state index in [1.54, 1.807) is 12.1 Å². The van der Waals surface area contributed by atoms with Crippen LogP contribution in [-0.2, 0) is 0 Å². The van der Waals surface area contributed by atoms with Gasteiger partial charge in [0.1, 0.15) is 5.82 Å². The van der Waals surface area contributed by atoms with Crippen molar-refractivity contribution in [2.45, 2.75) is 46.1 Å². The molecular weight excluding hydrogens is 249 g/mol. The van der Waals surface area contributed by atoms with E-state index in [4.69, 9.17) is 11.6 Å². The van der Waals surface area contributed by atoms with Crippen molar-refractivity contribution < 1.29 is 4.39 Å². The lowest BCUT2D eigenvalue weighted by Crippen LogP contribution is -2.24. The summed E-state index contributed by atoms with van der Waals surface area (Å²) in [7, 11) is 0. The van der Waals surface area contributed by atoms with Crippen molar-refractivity contribution in [2.75, 3.05) is 6.54 Å². The molecule has 0 amide bonds. The molecule has 0 spiro atoms. The average Bonchev–Trinajstić information content (AvgIpc) is 2.35. The number of halogens is 2. The second-order valence-corrected chi connectivity index (χ2v) is 5.07. The van der Waals surface area contributed by atoms with Crippen LogP contribution in [0.15, 0.2) is 18.2 Å². The summed E-state index contributed by atoms with van der Waals surface area (Å²) in [5, 5.41) is 3.88. The number of hydrogen-bond acceptors (Lipinski definition) is 1. The van der Waals surface area contributed by atoms with Gasteiger partial charge in [-0.05, 0) is 31.0 Å². The highest BCUT2D eigenvalue weighted by Crippen LogP contribution is 2.31. The SMILES string of the molecule is CCNC(CC(CC)CC)c1c(F)cccc1Cl. The van der Waals surface area contributed by atoms with Crippen LogP contribution in [0.5, 0.6) is 0 Å². The third-order valence-electron chi connectivity index (χ3n) is 3.52. The molecule has 0 fully saturated rings. The van der Waals surface area contributed by atoms with Crippen molar-refractivity contribution in [1.29, 1.82) is 0 Å². The lowest BCUT2D eigenvalue weighted by molar-refractivity contribution is 0.368. The highest BCUT2D eigenvalue weighted by Gasteiger charge is 2.20. The first kappa shape index (κ1) is 15.5. The Bertz CT molecular complexity index is 343. The first-order valence-corrected chi connectivity index (χ1v) is 7.19. The Morgan fingerprint density at radius 1 is 1.22 bits per heavy atom. The predicted octanol–water partition coefficient (Wildman–Crippen LogP) is 4.96. The van der Waals surface area contributed by atoms with E-state index in [9.17, 15) is 4.39 Å². The highest BCUT2D eigenvalue weighted by molar-refractivity contribution is 6.31. The monoisotopic (exact) mass is 271 g/mol. The lowest BCUT2D eigenvalue weighted by Gasteiger charge is -2.24. The standard InChI is InChI=1S/C15H23ClFN/c1-4-11(5-2)10-14(18-6-3)15-12(16)8-7-9-13(15)17/h7-9,11,14,18H,4-6,10H2,1-3H3. The van der Waals surface area contributed by atoms with E-state index < -0.39 is 0 Å². The Morgan fingerprint density at radius 2 is 1.89 bits per heavy atom. The van der Waals surface area contributed by atoms with Gasteiger partial charge in [-0.15, -0.1) is 0 Å². The molecule has 0 aliphatic carbocycles. The van der Waals surface area contributed by atoms with Crippen molar-refractivity contribution in [3.8, 4) is 0 Å². The number of hydrogen-bond donors (Lipinski definition) is 1. The maximum absolute atomic E-state index is 14.0. The molecule has 0 saturated heterocycles. The van der Waals surface area contributed by atoms with Crippen LogP contribution in [0.2, 0.25) is 5.02 Å². The number of benzene rings is 1. The maximum Gasteiger partial charge on any atom is 0.129 e. The molecule has 0 heterocycles. The van der Waals surface area contributed by atoms with Gasteiger partial charge in [-0.2, -0.15) is 0 Å². The van der Waals surface area contributed by atoms with E-state index in [1.807, 2.05) is 6.92 Å². The van der Waals surface area contributed by atoms with E-state index >= 15 is 0 Å². The second-order valence-electron chi connectivity index (χ2n) is 4.66.